The molecule has 0 aliphatic heterocycles. The Hall–Kier alpha value is -3.81. The summed E-state index contributed by atoms with van der Waals surface area (Å²) < 4.78 is 38.2. The summed E-state index contributed by atoms with van der Waals surface area (Å²) >= 11 is 0. The second-order valence-corrected chi connectivity index (χ2v) is 7.76. The number of nitrogens with zero attached hydrogens (tertiary/aromatic N) is 1. The summed E-state index contributed by atoms with van der Waals surface area (Å²) in [4.78, 5) is 27.4. The van der Waals surface area contributed by atoms with Gasteiger partial charge in [0.15, 0.2) is 0 Å². The minimum absolute atomic E-state index is 0.0726. The SMILES string of the molecule is CC(NC(=O)c1cc(NC(=O)c2ccc(C(F)(F)F)cc2)ccc1N(C)C)c1ccccc1. The van der Waals surface area contributed by atoms with Crippen LogP contribution < -0.4 is 15.5 Å². The number of carbonyl (C=O) groups is 2. The minimum Gasteiger partial charge on any atom is -0.377 e. The molecule has 2 amide bonds. The Kier molecular flexibility index (Phi) is 7.06. The van der Waals surface area contributed by atoms with E-state index in [4.69, 9.17) is 0 Å². The molecule has 1 unspecified atom stereocenters. The molecule has 1 atom stereocenters. The smallest absolute Gasteiger partial charge is 0.377 e. The fourth-order valence-corrected chi connectivity index (χ4v) is 3.30. The van der Waals surface area contributed by atoms with Gasteiger partial charge in [-0.15, -0.1) is 0 Å². The van der Waals surface area contributed by atoms with E-state index in [1.165, 1.54) is 0 Å². The number of carbonyl (C=O) groups excluding carboxylic acids is 2. The van der Waals surface area contributed by atoms with E-state index < -0.39 is 17.6 Å². The van der Waals surface area contributed by atoms with Gasteiger partial charge in [0.2, 0.25) is 0 Å². The Morgan fingerprint density at radius 2 is 1.52 bits per heavy atom. The van der Waals surface area contributed by atoms with E-state index >= 15 is 0 Å². The summed E-state index contributed by atoms with van der Waals surface area (Å²) in [6.07, 6.45) is -4.48. The highest BCUT2D eigenvalue weighted by Gasteiger charge is 2.30. The summed E-state index contributed by atoms with van der Waals surface area (Å²) in [5.74, 6) is -0.897. The Bertz CT molecular complexity index is 1130. The number of halogens is 3. The molecule has 0 aliphatic rings. The van der Waals surface area contributed by atoms with E-state index in [-0.39, 0.29) is 17.5 Å². The maximum absolute atomic E-state index is 13.0. The Morgan fingerprint density at radius 3 is 2.09 bits per heavy atom. The van der Waals surface area contributed by atoms with E-state index in [1.807, 2.05) is 37.3 Å². The lowest BCUT2D eigenvalue weighted by Crippen LogP contribution is -2.28. The average molecular weight is 455 g/mol. The van der Waals surface area contributed by atoms with Crippen molar-refractivity contribution in [2.75, 3.05) is 24.3 Å². The monoisotopic (exact) mass is 455 g/mol. The van der Waals surface area contributed by atoms with Crippen LogP contribution in [0.4, 0.5) is 24.5 Å². The van der Waals surface area contributed by atoms with Crippen molar-refractivity contribution < 1.29 is 22.8 Å². The van der Waals surface area contributed by atoms with Crippen LogP contribution in [0.2, 0.25) is 0 Å². The Balaban J connectivity index is 1.80. The zero-order chi connectivity index (χ0) is 24.2. The van der Waals surface area contributed by atoms with Crippen molar-refractivity contribution in [2.45, 2.75) is 19.1 Å². The summed E-state index contributed by atoms with van der Waals surface area (Å²) in [6, 6.07) is 18.1. The van der Waals surface area contributed by atoms with Gasteiger partial charge >= 0.3 is 6.18 Å². The molecule has 8 heteroatoms. The standard InChI is InChI=1S/C25H24F3N3O2/c1-16(17-7-5-4-6-8-17)29-24(33)21-15-20(13-14-22(21)31(2)3)30-23(32)18-9-11-19(12-10-18)25(26,27)28/h4-16H,1-3H3,(H,29,33)(H,30,32). The molecule has 3 rings (SSSR count). The van der Waals surface area contributed by atoms with Gasteiger partial charge in [0.25, 0.3) is 11.8 Å². The first-order chi connectivity index (χ1) is 15.6. The van der Waals surface area contributed by atoms with Crippen LogP contribution in [0, 0.1) is 0 Å². The summed E-state index contributed by atoms with van der Waals surface area (Å²) in [5, 5.41) is 5.60. The second kappa shape index (κ2) is 9.77. The molecule has 0 saturated carbocycles. The van der Waals surface area contributed by atoms with Crippen LogP contribution in [0.5, 0.6) is 0 Å². The predicted molar refractivity (Wildman–Crippen MR) is 122 cm³/mol. The number of hydrogen-bond donors (Lipinski definition) is 2. The van der Waals surface area contributed by atoms with Crippen LogP contribution in [0.25, 0.3) is 0 Å². The first-order valence-corrected chi connectivity index (χ1v) is 10.2. The maximum Gasteiger partial charge on any atom is 0.416 e. The van der Waals surface area contributed by atoms with Crippen molar-refractivity contribution in [1.82, 2.24) is 5.32 Å². The Morgan fingerprint density at radius 1 is 0.879 bits per heavy atom. The van der Waals surface area contributed by atoms with E-state index in [9.17, 15) is 22.8 Å². The van der Waals surface area contributed by atoms with E-state index in [0.717, 1.165) is 29.8 Å². The lowest BCUT2D eigenvalue weighted by Gasteiger charge is -2.20. The third kappa shape index (κ3) is 5.91. The van der Waals surface area contributed by atoms with Crippen molar-refractivity contribution >= 4 is 23.2 Å². The molecular formula is C25H24F3N3O2. The van der Waals surface area contributed by atoms with Gasteiger partial charge in [-0.2, -0.15) is 13.2 Å². The number of rotatable bonds is 6. The van der Waals surface area contributed by atoms with Gasteiger partial charge in [0.05, 0.1) is 17.2 Å². The van der Waals surface area contributed by atoms with Crippen LogP contribution in [-0.2, 0) is 6.18 Å². The summed E-state index contributed by atoms with van der Waals surface area (Å²) in [6.45, 7) is 1.87. The number of nitrogens with one attached hydrogen (secondary N) is 2. The van der Waals surface area contributed by atoms with Gasteiger partial charge in [-0.05, 0) is 55.0 Å². The first-order valence-electron chi connectivity index (χ1n) is 10.2. The summed E-state index contributed by atoms with van der Waals surface area (Å²) in [7, 11) is 3.60. The predicted octanol–water partition coefficient (Wildman–Crippen LogP) is 5.51. The molecule has 0 heterocycles. The fraction of sp³-hybridized carbons (Fsp3) is 0.200. The highest BCUT2D eigenvalue weighted by molar-refractivity contribution is 6.06. The lowest BCUT2D eigenvalue weighted by molar-refractivity contribution is -0.137. The van der Waals surface area contributed by atoms with Crippen molar-refractivity contribution in [3.8, 4) is 0 Å². The lowest BCUT2D eigenvalue weighted by atomic mass is 10.1. The molecule has 0 radical (unpaired) electrons. The van der Waals surface area contributed by atoms with E-state index in [0.29, 0.717) is 16.9 Å². The van der Waals surface area contributed by atoms with Crippen molar-refractivity contribution in [1.29, 1.82) is 0 Å². The molecule has 0 aromatic heterocycles. The van der Waals surface area contributed by atoms with Crippen molar-refractivity contribution in [3.63, 3.8) is 0 Å². The number of benzene rings is 3. The Labute approximate surface area is 190 Å². The molecule has 172 valence electrons. The first kappa shape index (κ1) is 23.8. The largest absolute Gasteiger partial charge is 0.416 e. The van der Waals surface area contributed by atoms with Crippen molar-refractivity contribution in [3.05, 3.63) is 95.1 Å². The minimum atomic E-state index is -4.48. The molecule has 3 aromatic carbocycles. The van der Waals surface area contributed by atoms with Crippen molar-refractivity contribution in [2.24, 2.45) is 0 Å². The number of hydrogen-bond acceptors (Lipinski definition) is 3. The second-order valence-electron chi connectivity index (χ2n) is 7.76. The molecule has 33 heavy (non-hydrogen) atoms. The molecule has 2 N–H and O–H groups in total. The topological polar surface area (TPSA) is 61.4 Å². The van der Waals surface area contributed by atoms with Gasteiger partial charge in [-0.1, -0.05) is 30.3 Å². The highest BCUT2D eigenvalue weighted by atomic mass is 19.4. The molecule has 0 saturated heterocycles. The zero-order valence-electron chi connectivity index (χ0n) is 18.4. The molecule has 0 aliphatic carbocycles. The third-order valence-electron chi connectivity index (χ3n) is 5.10. The quantitative estimate of drug-likeness (QED) is 0.515. The molecule has 0 fully saturated rings. The molecule has 0 spiro atoms. The number of alkyl halides is 3. The van der Waals surface area contributed by atoms with E-state index in [1.54, 1.807) is 37.2 Å². The molecular weight excluding hydrogens is 431 g/mol. The van der Waals surface area contributed by atoms with E-state index in [2.05, 4.69) is 10.6 Å². The maximum atomic E-state index is 13.0. The van der Waals surface area contributed by atoms with Crippen LogP contribution in [0.15, 0.2) is 72.8 Å². The number of anilines is 2. The molecule has 0 bridgehead atoms. The van der Waals surface area contributed by atoms with Gasteiger partial charge in [0.1, 0.15) is 0 Å². The van der Waals surface area contributed by atoms with Gasteiger partial charge in [-0.25, -0.2) is 0 Å². The number of amides is 2. The average Bonchev–Trinajstić information content (AvgIpc) is 2.78. The summed E-state index contributed by atoms with van der Waals surface area (Å²) in [5.41, 5.74) is 1.55. The fourth-order valence-electron chi connectivity index (χ4n) is 3.30. The zero-order valence-corrected chi connectivity index (χ0v) is 18.4. The van der Waals surface area contributed by atoms with Crippen LogP contribution in [0.3, 0.4) is 0 Å². The molecule has 5 nitrogen and oxygen atoms in total. The van der Waals surface area contributed by atoms with Gasteiger partial charge in [-0.3, -0.25) is 9.59 Å². The third-order valence-corrected chi connectivity index (χ3v) is 5.10. The molecule has 3 aromatic rings. The normalized spacial score (nSPS) is 12.1. The van der Waals surface area contributed by atoms with Gasteiger partial charge < -0.3 is 15.5 Å². The van der Waals surface area contributed by atoms with Crippen LogP contribution in [0.1, 0.15) is 44.8 Å². The van der Waals surface area contributed by atoms with Crippen LogP contribution >= 0.6 is 0 Å². The highest BCUT2D eigenvalue weighted by Crippen LogP contribution is 2.29. The van der Waals surface area contributed by atoms with Crippen LogP contribution in [-0.4, -0.2) is 25.9 Å². The van der Waals surface area contributed by atoms with Gasteiger partial charge in [0, 0.05) is 31.0 Å².